The van der Waals surface area contributed by atoms with Gasteiger partial charge in [0.1, 0.15) is 0 Å². The van der Waals surface area contributed by atoms with E-state index < -0.39 is 0 Å². The van der Waals surface area contributed by atoms with Crippen LogP contribution < -0.4 is 0 Å². The second kappa shape index (κ2) is 6.49. The Morgan fingerprint density at radius 1 is 1.60 bits per heavy atom. The highest BCUT2D eigenvalue weighted by Gasteiger charge is 1.92. The van der Waals surface area contributed by atoms with Gasteiger partial charge in [0.15, 0.2) is 0 Å². The van der Waals surface area contributed by atoms with Crippen LogP contribution in [0.5, 0.6) is 0 Å². The van der Waals surface area contributed by atoms with Crippen LogP contribution in [0.4, 0.5) is 4.39 Å². The number of allylic oxidation sites excluding steroid dienone is 2. The van der Waals surface area contributed by atoms with Gasteiger partial charge >= 0.3 is 0 Å². The molecule has 0 spiro atoms. The van der Waals surface area contributed by atoms with Crippen LogP contribution in [0.1, 0.15) is 12.8 Å². The summed E-state index contributed by atoms with van der Waals surface area (Å²) in [6.45, 7) is 3.16. The maximum Gasteiger partial charge on any atom is 0.0897 e. The van der Waals surface area contributed by atoms with E-state index in [0.29, 0.717) is 12.8 Å². The SMILES string of the molecule is C=C/C=C(/CO)CCCF. The molecule has 2 heteroatoms. The molecule has 0 aliphatic heterocycles. The predicted octanol–water partition coefficient (Wildman–Crippen LogP) is 1.84. The van der Waals surface area contributed by atoms with Crippen molar-refractivity contribution in [3.8, 4) is 0 Å². The van der Waals surface area contributed by atoms with Gasteiger partial charge in [-0.3, -0.25) is 4.39 Å². The molecule has 0 aromatic rings. The van der Waals surface area contributed by atoms with Gasteiger partial charge in [-0.25, -0.2) is 0 Å². The van der Waals surface area contributed by atoms with E-state index in [4.69, 9.17) is 5.11 Å². The standard InChI is InChI=1S/C8H13FO/c1-2-4-8(7-10)5-3-6-9/h2,4,10H,1,3,5-7H2/b8-4+. The largest absolute Gasteiger partial charge is 0.392 e. The van der Waals surface area contributed by atoms with Crippen LogP contribution in [-0.4, -0.2) is 18.4 Å². The Balaban J connectivity index is 3.59. The Labute approximate surface area is 60.9 Å². The third-order valence-electron chi connectivity index (χ3n) is 1.19. The summed E-state index contributed by atoms with van der Waals surface area (Å²) in [5, 5.41) is 8.65. The van der Waals surface area contributed by atoms with Crippen molar-refractivity contribution in [2.75, 3.05) is 13.3 Å². The molecule has 0 saturated heterocycles. The molecule has 0 rings (SSSR count). The van der Waals surface area contributed by atoms with Crippen molar-refractivity contribution in [1.29, 1.82) is 0 Å². The smallest absolute Gasteiger partial charge is 0.0897 e. The lowest BCUT2D eigenvalue weighted by molar-refractivity contribution is 0.323. The van der Waals surface area contributed by atoms with E-state index >= 15 is 0 Å². The minimum absolute atomic E-state index is 0.00597. The van der Waals surface area contributed by atoms with E-state index in [9.17, 15) is 4.39 Å². The van der Waals surface area contributed by atoms with Crippen molar-refractivity contribution in [2.24, 2.45) is 0 Å². The Hall–Kier alpha value is -0.630. The van der Waals surface area contributed by atoms with E-state index in [2.05, 4.69) is 6.58 Å². The van der Waals surface area contributed by atoms with Gasteiger partial charge in [-0.1, -0.05) is 18.7 Å². The van der Waals surface area contributed by atoms with Gasteiger partial charge in [-0.05, 0) is 18.4 Å². The second-order valence-electron chi connectivity index (χ2n) is 2.01. The van der Waals surface area contributed by atoms with E-state index in [1.54, 1.807) is 12.2 Å². The Bertz CT molecular complexity index is 118. The van der Waals surface area contributed by atoms with Crippen molar-refractivity contribution in [3.63, 3.8) is 0 Å². The number of hydrogen-bond acceptors (Lipinski definition) is 1. The summed E-state index contributed by atoms with van der Waals surface area (Å²) < 4.78 is 11.6. The summed E-state index contributed by atoms with van der Waals surface area (Å²) in [6.07, 6.45) is 4.43. The van der Waals surface area contributed by atoms with Crippen molar-refractivity contribution < 1.29 is 9.50 Å². The summed E-state index contributed by atoms with van der Waals surface area (Å²) in [5.74, 6) is 0. The molecule has 10 heavy (non-hydrogen) atoms. The van der Waals surface area contributed by atoms with E-state index in [-0.39, 0.29) is 13.3 Å². The lowest BCUT2D eigenvalue weighted by Gasteiger charge is -1.98. The Morgan fingerprint density at radius 3 is 2.70 bits per heavy atom. The maximum atomic E-state index is 11.6. The summed E-state index contributed by atoms with van der Waals surface area (Å²) in [7, 11) is 0. The fourth-order valence-corrected chi connectivity index (χ4v) is 0.676. The first-order chi connectivity index (χ1) is 4.85. The number of hydrogen-bond donors (Lipinski definition) is 1. The van der Waals surface area contributed by atoms with Gasteiger partial charge in [0.05, 0.1) is 13.3 Å². The molecule has 0 aliphatic rings. The first-order valence-corrected chi connectivity index (χ1v) is 3.32. The molecule has 0 atom stereocenters. The van der Waals surface area contributed by atoms with Crippen molar-refractivity contribution in [3.05, 3.63) is 24.3 Å². The van der Waals surface area contributed by atoms with E-state index in [0.717, 1.165) is 5.57 Å². The Morgan fingerprint density at radius 2 is 2.30 bits per heavy atom. The minimum Gasteiger partial charge on any atom is -0.392 e. The zero-order valence-corrected chi connectivity index (χ0v) is 6.02. The Kier molecular flexibility index (Phi) is 6.08. The zero-order chi connectivity index (χ0) is 7.82. The van der Waals surface area contributed by atoms with Crippen LogP contribution in [0.25, 0.3) is 0 Å². The summed E-state index contributed by atoms with van der Waals surface area (Å²) in [4.78, 5) is 0. The third kappa shape index (κ3) is 4.27. The van der Waals surface area contributed by atoms with Crippen molar-refractivity contribution >= 4 is 0 Å². The van der Waals surface area contributed by atoms with Crippen LogP contribution >= 0.6 is 0 Å². The molecule has 0 unspecified atom stereocenters. The number of rotatable bonds is 5. The van der Waals surface area contributed by atoms with Gasteiger partial charge in [0.2, 0.25) is 0 Å². The average Bonchev–Trinajstić information content (AvgIpc) is 1.98. The lowest BCUT2D eigenvalue weighted by Crippen LogP contribution is -1.90. The molecule has 58 valence electrons. The molecular weight excluding hydrogens is 131 g/mol. The molecule has 1 nitrogen and oxygen atoms in total. The second-order valence-corrected chi connectivity index (χ2v) is 2.01. The van der Waals surface area contributed by atoms with Gasteiger partial charge in [0.25, 0.3) is 0 Å². The monoisotopic (exact) mass is 144 g/mol. The lowest BCUT2D eigenvalue weighted by atomic mass is 10.1. The molecule has 1 N–H and O–H groups in total. The van der Waals surface area contributed by atoms with Crippen LogP contribution in [-0.2, 0) is 0 Å². The third-order valence-corrected chi connectivity index (χ3v) is 1.19. The number of aliphatic hydroxyl groups excluding tert-OH is 1. The fraction of sp³-hybridized carbons (Fsp3) is 0.500. The van der Waals surface area contributed by atoms with Crippen LogP contribution in [0, 0.1) is 0 Å². The molecule has 0 fully saturated rings. The first kappa shape index (κ1) is 9.37. The predicted molar refractivity (Wildman–Crippen MR) is 40.6 cm³/mol. The number of alkyl halides is 1. The fourth-order valence-electron chi connectivity index (χ4n) is 0.676. The van der Waals surface area contributed by atoms with Crippen LogP contribution in [0.2, 0.25) is 0 Å². The van der Waals surface area contributed by atoms with Crippen LogP contribution in [0.15, 0.2) is 24.3 Å². The highest BCUT2D eigenvalue weighted by molar-refractivity contribution is 5.10. The molecule has 0 amide bonds. The molecular formula is C8H13FO. The molecule has 0 heterocycles. The maximum absolute atomic E-state index is 11.6. The molecule has 0 bridgehead atoms. The molecule has 0 saturated carbocycles. The van der Waals surface area contributed by atoms with Gasteiger partial charge in [0, 0.05) is 0 Å². The molecule has 0 aromatic heterocycles. The summed E-state index contributed by atoms with van der Waals surface area (Å²) in [5.41, 5.74) is 0.840. The van der Waals surface area contributed by atoms with Gasteiger partial charge < -0.3 is 5.11 Å². The number of halogens is 1. The molecule has 0 aromatic carbocycles. The van der Waals surface area contributed by atoms with Crippen molar-refractivity contribution in [2.45, 2.75) is 12.8 Å². The minimum atomic E-state index is -0.325. The number of aliphatic hydroxyl groups is 1. The topological polar surface area (TPSA) is 20.2 Å². The van der Waals surface area contributed by atoms with Gasteiger partial charge in [-0.15, -0.1) is 0 Å². The van der Waals surface area contributed by atoms with E-state index in [1.165, 1.54) is 0 Å². The van der Waals surface area contributed by atoms with Gasteiger partial charge in [-0.2, -0.15) is 0 Å². The zero-order valence-electron chi connectivity index (χ0n) is 6.02. The van der Waals surface area contributed by atoms with E-state index in [1.807, 2.05) is 0 Å². The summed E-state index contributed by atoms with van der Waals surface area (Å²) in [6, 6.07) is 0. The highest BCUT2D eigenvalue weighted by atomic mass is 19.1. The molecule has 0 radical (unpaired) electrons. The highest BCUT2D eigenvalue weighted by Crippen LogP contribution is 2.03. The van der Waals surface area contributed by atoms with Crippen LogP contribution in [0.3, 0.4) is 0 Å². The molecule has 0 aliphatic carbocycles. The van der Waals surface area contributed by atoms with Crippen molar-refractivity contribution in [1.82, 2.24) is 0 Å². The summed E-state index contributed by atoms with van der Waals surface area (Å²) >= 11 is 0. The quantitative estimate of drug-likeness (QED) is 0.584. The average molecular weight is 144 g/mol. The normalized spacial score (nSPS) is 11.6. The first-order valence-electron chi connectivity index (χ1n) is 3.32.